The molecule has 8 aromatic rings. The van der Waals surface area contributed by atoms with Gasteiger partial charge in [0.25, 0.3) is 0 Å². The van der Waals surface area contributed by atoms with Gasteiger partial charge in [-0.1, -0.05) is 170 Å². The fourth-order valence-electron chi connectivity index (χ4n) is 8.98. The van der Waals surface area contributed by atoms with Crippen LogP contribution in [0.25, 0.3) is 49.8 Å². The van der Waals surface area contributed by atoms with Gasteiger partial charge in [0.1, 0.15) is 5.84 Å². The van der Waals surface area contributed by atoms with Gasteiger partial charge in [0, 0.05) is 39.5 Å². The highest BCUT2D eigenvalue weighted by molar-refractivity contribution is 6.15. The Morgan fingerprint density at radius 2 is 1.18 bits per heavy atom. The van der Waals surface area contributed by atoms with Crippen LogP contribution in [0.15, 0.2) is 211 Å². The molecule has 1 aromatic heterocycles. The van der Waals surface area contributed by atoms with Crippen molar-refractivity contribution in [2.24, 2.45) is 4.99 Å². The van der Waals surface area contributed by atoms with E-state index in [1.807, 2.05) is 0 Å². The Morgan fingerprint density at radius 1 is 0.526 bits per heavy atom. The van der Waals surface area contributed by atoms with Crippen molar-refractivity contribution in [1.29, 1.82) is 0 Å². The number of nitrogens with one attached hydrogen (secondary N) is 1. The number of fused-ring (bicyclic) bond motifs is 6. The van der Waals surface area contributed by atoms with E-state index in [4.69, 9.17) is 9.98 Å². The quantitative estimate of drug-likeness (QED) is 0.173. The van der Waals surface area contributed by atoms with Crippen molar-refractivity contribution >= 4 is 44.6 Å². The lowest BCUT2D eigenvalue weighted by Gasteiger charge is -2.29. The summed E-state index contributed by atoms with van der Waals surface area (Å²) in [5.41, 5.74) is 13.5. The van der Waals surface area contributed by atoms with Gasteiger partial charge >= 0.3 is 0 Å². The zero-order valence-electron chi connectivity index (χ0n) is 31.2. The minimum atomic E-state index is -0.266. The number of anilines is 2. The molecule has 57 heavy (non-hydrogen) atoms. The van der Waals surface area contributed by atoms with E-state index in [9.17, 15) is 0 Å². The summed E-state index contributed by atoms with van der Waals surface area (Å²) >= 11 is 0. The summed E-state index contributed by atoms with van der Waals surface area (Å²) < 4.78 is 0. The third kappa shape index (κ3) is 5.77. The number of para-hydroxylation sites is 1. The second-order valence-corrected chi connectivity index (χ2v) is 14.9. The fourth-order valence-corrected chi connectivity index (χ4v) is 8.98. The van der Waals surface area contributed by atoms with Crippen LogP contribution in [0.5, 0.6) is 0 Å². The van der Waals surface area contributed by atoms with Gasteiger partial charge < -0.3 is 10.2 Å². The van der Waals surface area contributed by atoms with Crippen molar-refractivity contribution < 1.29 is 0 Å². The molecule has 3 unspecified atom stereocenters. The highest BCUT2D eigenvalue weighted by Gasteiger charge is 2.37. The van der Waals surface area contributed by atoms with Crippen molar-refractivity contribution in [1.82, 2.24) is 10.3 Å². The van der Waals surface area contributed by atoms with E-state index >= 15 is 0 Å². The first kappa shape index (κ1) is 33.1. The summed E-state index contributed by atoms with van der Waals surface area (Å²) in [4.78, 5) is 13.3. The van der Waals surface area contributed by atoms with Gasteiger partial charge in [-0.3, -0.25) is 4.99 Å². The number of nitrogens with zero attached hydrogens (tertiary/aromatic N) is 3. The van der Waals surface area contributed by atoms with Crippen LogP contribution in [0, 0.1) is 0 Å². The first-order chi connectivity index (χ1) is 28.3. The number of pyridine rings is 1. The van der Waals surface area contributed by atoms with E-state index in [2.05, 4.69) is 217 Å². The molecule has 2 aliphatic heterocycles. The molecular formula is C53H38N4. The predicted molar refractivity (Wildman–Crippen MR) is 237 cm³/mol. The number of rotatable bonds is 6. The molecule has 0 saturated carbocycles. The van der Waals surface area contributed by atoms with Crippen molar-refractivity contribution in [3.05, 3.63) is 229 Å². The van der Waals surface area contributed by atoms with Gasteiger partial charge in [-0.05, 0) is 75.0 Å². The van der Waals surface area contributed by atoms with Crippen molar-refractivity contribution in [2.75, 3.05) is 4.90 Å². The molecule has 0 spiro atoms. The van der Waals surface area contributed by atoms with Gasteiger partial charge in [0.2, 0.25) is 0 Å². The van der Waals surface area contributed by atoms with Gasteiger partial charge in [0.05, 0.1) is 23.3 Å². The van der Waals surface area contributed by atoms with Crippen LogP contribution in [0.4, 0.5) is 11.4 Å². The van der Waals surface area contributed by atoms with E-state index < -0.39 is 0 Å². The Bertz CT molecular complexity index is 2930. The molecule has 0 radical (unpaired) electrons. The molecule has 3 aliphatic rings. The van der Waals surface area contributed by atoms with Crippen molar-refractivity contribution in [2.45, 2.75) is 18.0 Å². The van der Waals surface area contributed by atoms with E-state index in [1.165, 1.54) is 38.8 Å². The molecule has 11 rings (SSSR count). The van der Waals surface area contributed by atoms with Crippen LogP contribution in [0.2, 0.25) is 0 Å². The van der Waals surface area contributed by atoms with Crippen molar-refractivity contribution in [3.63, 3.8) is 0 Å². The Kier molecular flexibility index (Phi) is 7.99. The number of amidine groups is 1. The summed E-state index contributed by atoms with van der Waals surface area (Å²) in [6, 6.07) is 62.7. The first-order valence-corrected chi connectivity index (χ1v) is 19.7. The lowest BCUT2D eigenvalue weighted by atomic mass is 9.89. The van der Waals surface area contributed by atoms with Gasteiger partial charge in [0.15, 0.2) is 0 Å². The molecule has 0 bridgehead atoms. The minimum Gasteiger partial charge on any atom is -0.340 e. The minimum absolute atomic E-state index is 0.256. The second kappa shape index (κ2) is 13.8. The normalized spacial score (nSPS) is 18.2. The molecule has 3 atom stereocenters. The molecule has 1 aliphatic carbocycles. The van der Waals surface area contributed by atoms with Gasteiger partial charge in [-0.2, -0.15) is 0 Å². The predicted octanol–water partition coefficient (Wildman–Crippen LogP) is 12.6. The summed E-state index contributed by atoms with van der Waals surface area (Å²) in [5, 5.41) is 7.23. The van der Waals surface area contributed by atoms with Crippen LogP contribution in [-0.4, -0.2) is 16.9 Å². The van der Waals surface area contributed by atoms with Crippen LogP contribution in [-0.2, 0) is 0 Å². The van der Waals surface area contributed by atoms with E-state index in [1.54, 1.807) is 0 Å². The molecule has 270 valence electrons. The van der Waals surface area contributed by atoms with Crippen LogP contribution in [0.3, 0.4) is 0 Å². The molecule has 4 heteroatoms. The SMILES string of the molecule is C1=CC2c3ccccc3N(c3ccc(C4=CC(c5cc6nc(-c7ccccc7)cc(-c7ccccc7)c6c6ccccc56)N=C(c5ccccc5)N4)cc3)C2C=C1. The maximum Gasteiger partial charge on any atom is 0.133 e. The van der Waals surface area contributed by atoms with E-state index in [0.717, 1.165) is 50.4 Å². The molecule has 1 N–H and O–H groups in total. The largest absolute Gasteiger partial charge is 0.340 e. The average Bonchev–Trinajstić information content (AvgIpc) is 3.63. The smallest absolute Gasteiger partial charge is 0.133 e. The third-order valence-electron chi connectivity index (χ3n) is 11.6. The fraction of sp³-hybridized carbons (Fsp3) is 0.0566. The van der Waals surface area contributed by atoms with Crippen LogP contribution < -0.4 is 10.2 Å². The molecule has 0 amide bonds. The molecule has 0 saturated heterocycles. The topological polar surface area (TPSA) is 40.5 Å². The molecule has 0 fully saturated rings. The lowest BCUT2D eigenvalue weighted by Crippen LogP contribution is -2.29. The number of allylic oxidation sites excluding steroid dienone is 2. The highest BCUT2D eigenvalue weighted by Crippen LogP contribution is 2.48. The Labute approximate surface area is 332 Å². The summed E-state index contributed by atoms with van der Waals surface area (Å²) in [6.07, 6.45) is 11.3. The Balaban J connectivity index is 1.07. The molecule has 4 nitrogen and oxygen atoms in total. The molecular weight excluding hydrogens is 693 g/mol. The first-order valence-electron chi connectivity index (χ1n) is 19.7. The number of aromatic nitrogens is 1. The summed E-state index contributed by atoms with van der Waals surface area (Å²) in [5.74, 6) is 1.19. The van der Waals surface area contributed by atoms with Crippen molar-refractivity contribution in [3.8, 4) is 22.4 Å². The maximum absolute atomic E-state index is 5.45. The number of hydrogen-bond donors (Lipinski definition) is 1. The second-order valence-electron chi connectivity index (χ2n) is 14.9. The Hall–Kier alpha value is -7.30. The van der Waals surface area contributed by atoms with Gasteiger partial charge in [-0.15, -0.1) is 0 Å². The standard InChI is InChI=1S/C53H38N4/c1-4-16-35(17-5-1)44-32-46(36-18-6-2-7-19-36)54-49-33-45(40-22-10-11-25-43(40)52(44)49)48-34-47(55-53(56-48)38-20-8-3-9-21-38)37-28-30-39(31-29-37)57-50-26-14-12-23-41(50)42-24-13-15-27-51(42)57/h1-34,41,48,50H,(H,55,56). The maximum atomic E-state index is 5.45. The van der Waals surface area contributed by atoms with E-state index in [0.29, 0.717) is 5.92 Å². The zero-order valence-corrected chi connectivity index (χ0v) is 31.2. The van der Waals surface area contributed by atoms with Crippen LogP contribution >= 0.6 is 0 Å². The van der Waals surface area contributed by atoms with Crippen LogP contribution in [0.1, 0.15) is 34.2 Å². The lowest BCUT2D eigenvalue weighted by molar-refractivity contribution is 0.744. The summed E-state index contributed by atoms with van der Waals surface area (Å²) in [6.45, 7) is 0. The number of hydrogen-bond acceptors (Lipinski definition) is 4. The summed E-state index contributed by atoms with van der Waals surface area (Å²) in [7, 11) is 0. The van der Waals surface area contributed by atoms with Gasteiger partial charge in [-0.25, -0.2) is 4.98 Å². The number of aliphatic imine (C=N–C) groups is 1. The zero-order chi connectivity index (χ0) is 37.7. The van der Waals surface area contributed by atoms with E-state index in [-0.39, 0.29) is 12.1 Å². The average molecular weight is 731 g/mol. The molecule has 3 heterocycles. The highest BCUT2D eigenvalue weighted by atomic mass is 15.2. The molecule has 7 aromatic carbocycles. The Morgan fingerprint density at radius 3 is 1.95 bits per heavy atom. The third-order valence-corrected chi connectivity index (χ3v) is 11.6. The monoisotopic (exact) mass is 730 g/mol. The number of benzene rings is 7.